The molecule has 2 aromatic carbocycles. The van der Waals surface area contributed by atoms with E-state index in [2.05, 4.69) is 0 Å². The number of esters is 1. The Bertz CT molecular complexity index is 1360. The molecule has 0 aliphatic carbocycles. The fourth-order valence-corrected chi connectivity index (χ4v) is 4.85. The molecule has 0 spiro atoms. The zero-order valence-corrected chi connectivity index (χ0v) is 26.4. The van der Waals surface area contributed by atoms with Crippen LogP contribution in [0.5, 0.6) is 5.75 Å². The minimum atomic E-state index is -3.45. The molecule has 11 nitrogen and oxygen atoms in total. The van der Waals surface area contributed by atoms with Crippen LogP contribution < -0.4 is 4.74 Å². The third-order valence-electron chi connectivity index (χ3n) is 5.86. The molecule has 1 aliphatic rings. The third-order valence-corrected chi connectivity index (χ3v) is 7.22. The number of amides is 2. The summed E-state index contributed by atoms with van der Waals surface area (Å²) in [6.45, 7) is 4.73. The van der Waals surface area contributed by atoms with Gasteiger partial charge in [-0.1, -0.05) is 30.3 Å². The predicted molar refractivity (Wildman–Crippen MR) is 155 cm³/mol. The lowest BCUT2D eigenvalue weighted by Gasteiger charge is -2.41. The highest BCUT2D eigenvalue weighted by Crippen LogP contribution is 2.31. The molecule has 2 aromatic rings. The number of halogens is 3. The lowest BCUT2D eigenvalue weighted by Crippen LogP contribution is -2.58. The second kappa shape index (κ2) is 13.7. The molecule has 0 aromatic heterocycles. The zero-order valence-electron chi connectivity index (χ0n) is 23.3. The third kappa shape index (κ3) is 10.2. The first kappa shape index (κ1) is 33.7. The Morgan fingerprint density at radius 2 is 1.57 bits per heavy atom. The molecule has 0 saturated carbocycles. The van der Waals surface area contributed by atoms with Gasteiger partial charge in [-0.2, -0.15) is 5.06 Å². The summed E-state index contributed by atoms with van der Waals surface area (Å²) in [4.78, 5) is 46.5. The van der Waals surface area contributed by atoms with E-state index in [1.54, 1.807) is 45.0 Å². The quantitative estimate of drug-likeness (QED) is 0.159. The summed E-state index contributed by atoms with van der Waals surface area (Å²) in [5.41, 5.74) is -0.176. The van der Waals surface area contributed by atoms with Gasteiger partial charge in [0.15, 0.2) is 9.84 Å². The maximum atomic E-state index is 13.3. The summed E-state index contributed by atoms with van der Waals surface area (Å²) < 4.78 is 37.0. The van der Waals surface area contributed by atoms with E-state index < -0.39 is 49.7 Å². The minimum absolute atomic E-state index is 0.0381. The lowest BCUT2D eigenvalue weighted by molar-refractivity contribution is -0.184. The van der Waals surface area contributed by atoms with Gasteiger partial charge in [0, 0.05) is 12.8 Å². The number of carbonyl (C=O) groups excluding carboxylic acids is 3. The largest absolute Gasteiger partial charge is 0.444 e. The predicted octanol–water partition coefficient (Wildman–Crippen LogP) is 5.66. The number of sulfone groups is 1. The van der Waals surface area contributed by atoms with Gasteiger partial charge in [-0.15, -0.1) is 0 Å². The highest BCUT2D eigenvalue weighted by atomic mass is 35.6. The average molecular weight is 666 g/mol. The average Bonchev–Trinajstić information content (AvgIpc) is 2.87. The number of hydrogen-bond donors (Lipinski definition) is 0. The Balaban J connectivity index is 1.85. The number of hydroxylamine groups is 2. The first-order chi connectivity index (χ1) is 19.4. The molecule has 2 atom stereocenters. The number of rotatable bonds is 7. The summed E-state index contributed by atoms with van der Waals surface area (Å²) in [5, 5.41) is 0.873. The highest BCUT2D eigenvalue weighted by Gasteiger charge is 2.44. The van der Waals surface area contributed by atoms with Crippen molar-refractivity contribution in [3.63, 3.8) is 0 Å². The molecule has 1 heterocycles. The SMILES string of the molecule is CC(C)(C)OC(=O)N1C[C@H](N(OCc2ccccc2)C(=O)OC(Cl)(Cl)Cl)CC[C@H]1C(=O)Oc1ccc(S(C)(=O)=O)cc1. The smallest absolute Gasteiger partial charge is 0.437 e. The molecule has 1 fully saturated rings. The number of hydrogen-bond acceptors (Lipinski definition) is 9. The summed E-state index contributed by atoms with van der Waals surface area (Å²) in [6.07, 6.45) is -0.695. The fourth-order valence-electron chi connectivity index (χ4n) is 4.02. The van der Waals surface area contributed by atoms with Crippen LogP contribution in [0.3, 0.4) is 0 Å². The summed E-state index contributed by atoms with van der Waals surface area (Å²) >= 11 is 17.0. The van der Waals surface area contributed by atoms with E-state index in [0.717, 1.165) is 21.8 Å². The van der Waals surface area contributed by atoms with Crippen LogP contribution in [0, 0.1) is 0 Å². The number of benzene rings is 2. The maximum Gasteiger partial charge on any atom is 0.437 e. The zero-order chi connectivity index (χ0) is 31.3. The van der Waals surface area contributed by atoms with Crippen LogP contribution in [0.25, 0.3) is 0 Å². The molecular weight excluding hydrogens is 635 g/mol. The van der Waals surface area contributed by atoms with Crippen molar-refractivity contribution in [3.05, 3.63) is 60.2 Å². The van der Waals surface area contributed by atoms with Crippen molar-refractivity contribution in [2.24, 2.45) is 0 Å². The van der Waals surface area contributed by atoms with Gasteiger partial charge in [-0.25, -0.2) is 22.8 Å². The molecule has 0 unspecified atom stereocenters. The highest BCUT2D eigenvalue weighted by molar-refractivity contribution is 7.90. The topological polar surface area (TPSA) is 129 Å². The first-order valence-electron chi connectivity index (χ1n) is 12.7. The van der Waals surface area contributed by atoms with Crippen molar-refractivity contribution in [2.75, 3.05) is 12.8 Å². The molecule has 3 rings (SSSR count). The molecule has 0 radical (unpaired) electrons. The van der Waals surface area contributed by atoms with Crippen LogP contribution >= 0.6 is 34.8 Å². The Labute approximate surface area is 259 Å². The Morgan fingerprint density at radius 1 is 0.952 bits per heavy atom. The van der Waals surface area contributed by atoms with Crippen molar-refractivity contribution >= 4 is 62.8 Å². The normalized spacial score (nSPS) is 17.7. The van der Waals surface area contributed by atoms with Gasteiger partial charge >= 0.3 is 22.1 Å². The van der Waals surface area contributed by atoms with Crippen LogP contribution in [-0.4, -0.2) is 71.0 Å². The Morgan fingerprint density at radius 3 is 2.12 bits per heavy atom. The number of alkyl halides is 3. The van der Waals surface area contributed by atoms with Crippen LogP contribution in [0.4, 0.5) is 9.59 Å². The monoisotopic (exact) mass is 664 g/mol. The van der Waals surface area contributed by atoms with Gasteiger partial charge in [-0.3, -0.25) is 9.74 Å². The summed E-state index contributed by atoms with van der Waals surface area (Å²) in [6, 6.07) is 12.3. The molecule has 15 heteroatoms. The van der Waals surface area contributed by atoms with Crippen LogP contribution in [0.2, 0.25) is 0 Å². The second-order valence-electron chi connectivity index (χ2n) is 10.4. The molecule has 2 amide bonds. The fraction of sp³-hybridized carbons (Fsp3) is 0.444. The van der Waals surface area contributed by atoms with E-state index in [9.17, 15) is 22.8 Å². The Kier molecular flexibility index (Phi) is 11.0. The van der Waals surface area contributed by atoms with Crippen molar-refractivity contribution in [1.82, 2.24) is 9.96 Å². The van der Waals surface area contributed by atoms with Crippen molar-refractivity contribution in [3.8, 4) is 5.75 Å². The van der Waals surface area contributed by atoms with Crippen molar-refractivity contribution in [2.45, 2.75) is 66.8 Å². The van der Waals surface area contributed by atoms with E-state index in [0.29, 0.717) is 0 Å². The van der Waals surface area contributed by atoms with E-state index in [-0.39, 0.29) is 36.6 Å². The van der Waals surface area contributed by atoms with E-state index >= 15 is 0 Å². The molecule has 1 aliphatic heterocycles. The van der Waals surface area contributed by atoms with E-state index in [1.807, 2.05) is 6.07 Å². The maximum absolute atomic E-state index is 13.3. The van der Waals surface area contributed by atoms with Crippen LogP contribution in [-0.2, 0) is 35.5 Å². The van der Waals surface area contributed by atoms with Gasteiger partial charge in [0.25, 0.3) is 0 Å². The minimum Gasteiger partial charge on any atom is -0.444 e. The summed E-state index contributed by atoms with van der Waals surface area (Å²) in [7, 11) is -3.45. The van der Waals surface area contributed by atoms with Gasteiger partial charge in [0.2, 0.25) is 0 Å². The number of likely N-dealkylation sites (tertiary alicyclic amines) is 1. The molecular formula is C27H31Cl3N2O9S. The number of carbonyl (C=O) groups is 3. The molecule has 230 valence electrons. The number of piperidine rings is 1. The van der Waals surface area contributed by atoms with Crippen LogP contribution in [0.1, 0.15) is 39.2 Å². The Hall–Kier alpha value is -2.77. The summed E-state index contributed by atoms with van der Waals surface area (Å²) in [5.74, 6) is -0.704. The molecule has 1 saturated heterocycles. The van der Waals surface area contributed by atoms with Crippen LogP contribution in [0.15, 0.2) is 59.5 Å². The standard InChI is InChI=1S/C27H31Cl3N2O9S/c1-26(2,3)40-24(34)31-16-19(32(25(35)41-27(28,29)30)38-17-18-8-6-5-7-9-18)10-15-22(31)23(33)39-20-11-13-21(14-12-20)42(4,36)37/h5-9,11-14,19,22H,10,15-17H2,1-4H3/t19-,22+/m1/s1. The van der Waals surface area contributed by atoms with Crippen molar-refractivity contribution < 1.29 is 41.8 Å². The van der Waals surface area contributed by atoms with Crippen molar-refractivity contribution in [1.29, 1.82) is 0 Å². The van der Waals surface area contributed by atoms with E-state index in [1.165, 1.54) is 24.3 Å². The molecule has 0 bridgehead atoms. The van der Waals surface area contributed by atoms with Gasteiger partial charge in [0.1, 0.15) is 24.0 Å². The lowest BCUT2D eigenvalue weighted by atomic mass is 9.98. The molecule has 0 N–H and O–H groups in total. The first-order valence-corrected chi connectivity index (χ1v) is 15.7. The van der Waals surface area contributed by atoms with E-state index in [4.69, 9.17) is 53.9 Å². The van der Waals surface area contributed by atoms with Gasteiger partial charge in [-0.05, 0) is 98.2 Å². The number of ether oxygens (including phenoxy) is 3. The van der Waals surface area contributed by atoms with Gasteiger partial charge in [0.05, 0.1) is 10.9 Å². The van der Waals surface area contributed by atoms with Gasteiger partial charge < -0.3 is 14.2 Å². The number of nitrogens with zero attached hydrogens (tertiary/aromatic N) is 2. The molecule has 42 heavy (non-hydrogen) atoms. The second-order valence-corrected chi connectivity index (χ2v) is 14.6.